The minimum Gasteiger partial charge on any atom is -0.378 e. The molecule has 1 rings (SSSR count). The molecule has 1 N–H and O–H groups in total. The normalized spacial score (nSPS) is 11.5. The standard InChI is InChI=1S/C13H17F3N4O/c1-20(2)6-8-21-7-5-18-12-10(9-17)3-4-11(19-12)13(14,15)16/h3-4H,5-8H2,1-2H3,(H,18,19). The maximum absolute atomic E-state index is 12.6. The van der Waals surface area contributed by atoms with Crippen molar-refractivity contribution >= 4 is 5.82 Å². The molecule has 0 unspecified atom stereocenters. The van der Waals surface area contributed by atoms with E-state index in [1.165, 1.54) is 0 Å². The minimum absolute atomic E-state index is 0.0660. The highest BCUT2D eigenvalue weighted by atomic mass is 19.4. The highest BCUT2D eigenvalue weighted by Gasteiger charge is 2.33. The van der Waals surface area contributed by atoms with Gasteiger partial charge in [-0.1, -0.05) is 0 Å². The van der Waals surface area contributed by atoms with Crippen molar-refractivity contribution < 1.29 is 17.9 Å². The van der Waals surface area contributed by atoms with Crippen molar-refractivity contribution in [2.24, 2.45) is 0 Å². The Hall–Kier alpha value is -1.85. The zero-order valence-electron chi connectivity index (χ0n) is 11.9. The summed E-state index contributed by atoms with van der Waals surface area (Å²) in [6.07, 6.45) is -4.54. The molecular formula is C13H17F3N4O. The number of hydrogen-bond acceptors (Lipinski definition) is 5. The SMILES string of the molecule is CN(C)CCOCCNc1nc(C(F)(F)F)ccc1C#N. The fourth-order valence-electron chi connectivity index (χ4n) is 1.43. The van der Waals surface area contributed by atoms with E-state index in [0.29, 0.717) is 13.2 Å². The van der Waals surface area contributed by atoms with Gasteiger partial charge in [0.2, 0.25) is 0 Å². The minimum atomic E-state index is -4.54. The Labute approximate surface area is 121 Å². The second-order valence-corrected chi connectivity index (χ2v) is 4.54. The molecule has 8 heteroatoms. The van der Waals surface area contributed by atoms with Crippen LogP contribution in [-0.4, -0.2) is 50.3 Å². The number of aromatic nitrogens is 1. The van der Waals surface area contributed by atoms with Gasteiger partial charge in [0.25, 0.3) is 0 Å². The lowest BCUT2D eigenvalue weighted by Crippen LogP contribution is -2.20. The molecule has 0 aliphatic rings. The van der Waals surface area contributed by atoms with Crippen molar-refractivity contribution in [3.63, 3.8) is 0 Å². The maximum atomic E-state index is 12.6. The number of alkyl halides is 3. The monoisotopic (exact) mass is 302 g/mol. The summed E-state index contributed by atoms with van der Waals surface area (Å²) in [6, 6.07) is 3.69. The number of likely N-dealkylation sites (N-methyl/N-ethyl adjacent to an activating group) is 1. The third-order valence-electron chi connectivity index (χ3n) is 2.53. The van der Waals surface area contributed by atoms with Gasteiger partial charge < -0.3 is 15.0 Å². The van der Waals surface area contributed by atoms with Crippen LogP contribution in [0.5, 0.6) is 0 Å². The van der Waals surface area contributed by atoms with Gasteiger partial charge in [0, 0.05) is 13.1 Å². The Kier molecular flexibility index (Phi) is 6.39. The van der Waals surface area contributed by atoms with Crippen LogP contribution in [-0.2, 0) is 10.9 Å². The predicted molar refractivity (Wildman–Crippen MR) is 71.8 cm³/mol. The highest BCUT2D eigenvalue weighted by Crippen LogP contribution is 2.29. The van der Waals surface area contributed by atoms with E-state index in [1.807, 2.05) is 19.0 Å². The van der Waals surface area contributed by atoms with E-state index in [9.17, 15) is 13.2 Å². The second kappa shape index (κ2) is 7.81. The molecular weight excluding hydrogens is 285 g/mol. The summed E-state index contributed by atoms with van der Waals surface area (Å²) < 4.78 is 43.0. The fourth-order valence-corrected chi connectivity index (χ4v) is 1.43. The predicted octanol–water partition coefficient (Wildman–Crippen LogP) is 1.96. The van der Waals surface area contributed by atoms with Crippen LogP contribution < -0.4 is 5.32 Å². The average molecular weight is 302 g/mol. The lowest BCUT2D eigenvalue weighted by atomic mass is 10.2. The molecule has 5 nitrogen and oxygen atoms in total. The summed E-state index contributed by atoms with van der Waals surface area (Å²) in [7, 11) is 3.82. The summed E-state index contributed by atoms with van der Waals surface area (Å²) in [5, 5.41) is 11.6. The van der Waals surface area contributed by atoms with Crippen LogP contribution in [0.4, 0.5) is 19.0 Å². The molecule has 1 aromatic heterocycles. The third kappa shape index (κ3) is 5.97. The van der Waals surface area contributed by atoms with Crippen LogP contribution in [0.2, 0.25) is 0 Å². The third-order valence-corrected chi connectivity index (χ3v) is 2.53. The van der Waals surface area contributed by atoms with Gasteiger partial charge in [0.05, 0.1) is 18.8 Å². The van der Waals surface area contributed by atoms with E-state index in [2.05, 4.69) is 10.3 Å². The number of nitrogens with one attached hydrogen (secondary N) is 1. The number of ether oxygens (including phenoxy) is 1. The molecule has 1 heterocycles. The summed E-state index contributed by atoms with van der Waals surface area (Å²) in [4.78, 5) is 5.39. The van der Waals surface area contributed by atoms with E-state index in [-0.39, 0.29) is 17.9 Å². The molecule has 0 radical (unpaired) electrons. The number of nitriles is 1. The first-order valence-corrected chi connectivity index (χ1v) is 6.29. The van der Waals surface area contributed by atoms with Gasteiger partial charge in [-0.05, 0) is 26.2 Å². The van der Waals surface area contributed by atoms with Gasteiger partial charge in [-0.25, -0.2) is 4.98 Å². The largest absolute Gasteiger partial charge is 0.433 e. The van der Waals surface area contributed by atoms with Gasteiger partial charge in [0.1, 0.15) is 17.6 Å². The first-order valence-electron chi connectivity index (χ1n) is 6.29. The molecule has 0 atom stereocenters. The zero-order valence-corrected chi connectivity index (χ0v) is 11.9. The fraction of sp³-hybridized carbons (Fsp3) is 0.538. The molecule has 0 saturated carbocycles. The lowest BCUT2D eigenvalue weighted by molar-refractivity contribution is -0.141. The van der Waals surface area contributed by atoms with Crippen LogP contribution in [0.15, 0.2) is 12.1 Å². The zero-order chi connectivity index (χ0) is 15.9. The van der Waals surface area contributed by atoms with Crippen LogP contribution >= 0.6 is 0 Å². The van der Waals surface area contributed by atoms with Crippen molar-refractivity contribution in [2.75, 3.05) is 45.7 Å². The Morgan fingerprint density at radius 3 is 2.62 bits per heavy atom. The number of halogens is 3. The number of anilines is 1. The summed E-state index contributed by atoms with van der Waals surface area (Å²) in [6.45, 7) is 1.87. The highest BCUT2D eigenvalue weighted by molar-refractivity contribution is 5.52. The molecule has 21 heavy (non-hydrogen) atoms. The first kappa shape index (κ1) is 17.2. The van der Waals surface area contributed by atoms with E-state index in [1.54, 1.807) is 6.07 Å². The molecule has 0 amide bonds. The van der Waals surface area contributed by atoms with E-state index < -0.39 is 11.9 Å². The molecule has 116 valence electrons. The van der Waals surface area contributed by atoms with Gasteiger partial charge in [-0.2, -0.15) is 18.4 Å². The van der Waals surface area contributed by atoms with Crippen molar-refractivity contribution in [1.82, 2.24) is 9.88 Å². The van der Waals surface area contributed by atoms with Crippen molar-refractivity contribution in [2.45, 2.75) is 6.18 Å². The lowest BCUT2D eigenvalue weighted by Gasteiger charge is -2.12. The quantitative estimate of drug-likeness (QED) is 0.780. The molecule has 0 spiro atoms. The van der Waals surface area contributed by atoms with Gasteiger partial charge in [-0.15, -0.1) is 0 Å². The smallest absolute Gasteiger partial charge is 0.378 e. The number of nitrogens with zero attached hydrogens (tertiary/aromatic N) is 3. The number of pyridine rings is 1. The Morgan fingerprint density at radius 2 is 2.05 bits per heavy atom. The molecule has 0 saturated heterocycles. The molecule has 0 aliphatic heterocycles. The van der Waals surface area contributed by atoms with E-state index in [4.69, 9.17) is 10.00 Å². The van der Waals surface area contributed by atoms with Crippen molar-refractivity contribution in [3.8, 4) is 6.07 Å². The van der Waals surface area contributed by atoms with Crippen molar-refractivity contribution in [3.05, 3.63) is 23.4 Å². The molecule has 1 aromatic rings. The van der Waals surface area contributed by atoms with Crippen LogP contribution in [0.1, 0.15) is 11.3 Å². The van der Waals surface area contributed by atoms with E-state index in [0.717, 1.165) is 18.7 Å². The average Bonchev–Trinajstić information content (AvgIpc) is 2.41. The van der Waals surface area contributed by atoms with Crippen LogP contribution in [0.3, 0.4) is 0 Å². The molecule has 0 aromatic carbocycles. The number of hydrogen-bond donors (Lipinski definition) is 1. The Balaban J connectivity index is 2.55. The van der Waals surface area contributed by atoms with Gasteiger partial charge in [-0.3, -0.25) is 0 Å². The van der Waals surface area contributed by atoms with E-state index >= 15 is 0 Å². The van der Waals surface area contributed by atoms with Crippen LogP contribution in [0.25, 0.3) is 0 Å². The van der Waals surface area contributed by atoms with Crippen molar-refractivity contribution in [1.29, 1.82) is 5.26 Å². The van der Waals surface area contributed by atoms with Gasteiger partial charge >= 0.3 is 6.18 Å². The maximum Gasteiger partial charge on any atom is 0.433 e. The second-order valence-electron chi connectivity index (χ2n) is 4.54. The topological polar surface area (TPSA) is 61.2 Å². The summed E-state index contributed by atoms with van der Waals surface area (Å²) in [5.41, 5.74) is -0.964. The molecule has 0 bridgehead atoms. The molecule has 0 aliphatic carbocycles. The molecule has 0 fully saturated rings. The van der Waals surface area contributed by atoms with Crippen LogP contribution in [0, 0.1) is 11.3 Å². The van der Waals surface area contributed by atoms with Gasteiger partial charge in [0.15, 0.2) is 0 Å². The summed E-state index contributed by atoms with van der Waals surface area (Å²) >= 11 is 0. The Bertz CT molecular complexity index is 497. The first-order chi connectivity index (χ1) is 9.84. The number of rotatable bonds is 7. The summed E-state index contributed by atoms with van der Waals surface area (Å²) in [5.74, 6) is -0.0801. The Morgan fingerprint density at radius 1 is 1.33 bits per heavy atom.